The van der Waals surface area contributed by atoms with Crippen molar-refractivity contribution in [3.05, 3.63) is 59.7 Å². The maximum Gasteiger partial charge on any atom is 1.00 e. The van der Waals surface area contributed by atoms with Crippen molar-refractivity contribution in [3.8, 4) is 0 Å². The van der Waals surface area contributed by atoms with E-state index in [0.29, 0.717) is 17.4 Å². The molecule has 0 aliphatic carbocycles. The van der Waals surface area contributed by atoms with Gasteiger partial charge < -0.3 is 11.6 Å². The SMILES string of the molecule is C=CCc1ccc2cccc(C(=O)O)c2c1C(=O)O.[H-].[Na+]. The number of hydrogen-bond donors (Lipinski definition) is 2. The van der Waals surface area contributed by atoms with Crippen LogP contribution in [0.15, 0.2) is 43.0 Å². The molecule has 0 amide bonds. The molecule has 0 heterocycles. The smallest absolute Gasteiger partial charge is 1.00 e. The summed E-state index contributed by atoms with van der Waals surface area (Å²) < 4.78 is 0. The zero-order valence-electron chi connectivity index (χ0n) is 12.1. The minimum Gasteiger partial charge on any atom is -1.00 e. The molecular weight excluding hydrogens is 267 g/mol. The van der Waals surface area contributed by atoms with Crippen LogP contribution in [0.2, 0.25) is 0 Å². The van der Waals surface area contributed by atoms with Gasteiger partial charge in [0.05, 0.1) is 11.1 Å². The number of rotatable bonds is 4. The Kier molecular flexibility index (Phi) is 5.51. The van der Waals surface area contributed by atoms with E-state index in [2.05, 4.69) is 6.58 Å². The summed E-state index contributed by atoms with van der Waals surface area (Å²) in [5.74, 6) is -2.26. The van der Waals surface area contributed by atoms with Crippen LogP contribution in [0.5, 0.6) is 0 Å². The van der Waals surface area contributed by atoms with Crippen LogP contribution in [0.3, 0.4) is 0 Å². The Morgan fingerprint density at radius 2 is 1.85 bits per heavy atom. The summed E-state index contributed by atoms with van der Waals surface area (Å²) in [6.07, 6.45) is 1.97. The molecule has 2 rings (SSSR count). The van der Waals surface area contributed by atoms with E-state index in [9.17, 15) is 19.8 Å². The molecule has 0 radical (unpaired) electrons. The monoisotopic (exact) mass is 280 g/mol. The van der Waals surface area contributed by atoms with Crippen molar-refractivity contribution in [2.45, 2.75) is 6.42 Å². The second-order valence-electron chi connectivity index (χ2n) is 4.11. The van der Waals surface area contributed by atoms with Gasteiger partial charge in [-0.2, -0.15) is 0 Å². The van der Waals surface area contributed by atoms with Gasteiger partial charge in [0.2, 0.25) is 0 Å². The summed E-state index contributed by atoms with van der Waals surface area (Å²) in [5.41, 5.74) is 0.597. The van der Waals surface area contributed by atoms with E-state index in [0.717, 1.165) is 0 Å². The Morgan fingerprint density at radius 3 is 2.40 bits per heavy atom. The summed E-state index contributed by atoms with van der Waals surface area (Å²) in [6.45, 7) is 3.58. The third-order valence-electron chi connectivity index (χ3n) is 2.94. The van der Waals surface area contributed by atoms with Gasteiger partial charge in [-0.15, -0.1) is 6.58 Å². The Hall–Kier alpha value is -1.62. The zero-order valence-corrected chi connectivity index (χ0v) is 13.1. The van der Waals surface area contributed by atoms with Crippen LogP contribution in [0.25, 0.3) is 10.8 Å². The Morgan fingerprint density at radius 1 is 1.15 bits per heavy atom. The second-order valence-corrected chi connectivity index (χ2v) is 4.11. The summed E-state index contributed by atoms with van der Waals surface area (Å²) in [5, 5.41) is 19.4. The van der Waals surface area contributed by atoms with Crippen molar-refractivity contribution in [2.75, 3.05) is 0 Å². The first-order chi connectivity index (χ1) is 9.06. The number of fused-ring (bicyclic) bond motifs is 1. The predicted octanol–water partition coefficient (Wildman–Crippen LogP) is 0.0812. The van der Waals surface area contributed by atoms with Crippen LogP contribution in [0, 0.1) is 0 Å². The van der Waals surface area contributed by atoms with Crippen molar-refractivity contribution < 1.29 is 50.8 Å². The van der Waals surface area contributed by atoms with Crippen molar-refractivity contribution in [2.24, 2.45) is 0 Å². The first-order valence-corrected chi connectivity index (χ1v) is 5.68. The van der Waals surface area contributed by atoms with E-state index in [4.69, 9.17) is 0 Å². The number of carboxylic acid groups (broad SMARTS) is 2. The molecule has 0 spiro atoms. The van der Waals surface area contributed by atoms with Gasteiger partial charge in [0.1, 0.15) is 0 Å². The van der Waals surface area contributed by atoms with Crippen LogP contribution in [-0.2, 0) is 6.42 Å². The molecule has 0 saturated carbocycles. The minimum atomic E-state index is -1.14. The molecule has 0 aliphatic rings. The third-order valence-corrected chi connectivity index (χ3v) is 2.94. The second kappa shape index (κ2) is 6.70. The van der Waals surface area contributed by atoms with Gasteiger partial charge in [0.15, 0.2) is 0 Å². The van der Waals surface area contributed by atoms with Crippen molar-refractivity contribution in [1.82, 2.24) is 0 Å². The van der Waals surface area contributed by atoms with E-state index < -0.39 is 11.9 Å². The van der Waals surface area contributed by atoms with Gasteiger partial charge in [-0.3, -0.25) is 0 Å². The van der Waals surface area contributed by atoms with Gasteiger partial charge in [-0.25, -0.2) is 9.59 Å². The third kappa shape index (κ3) is 2.93. The van der Waals surface area contributed by atoms with Crippen LogP contribution < -0.4 is 29.6 Å². The standard InChI is InChI=1S/C15H12O4.Na.H/c1-2-4-9-7-8-10-5-3-6-11(14(16)17)12(10)13(9)15(18)19;;/h2-3,5-8H,1,4H2,(H,16,17)(H,18,19);;/q;+1;-1. The minimum absolute atomic E-state index is 0. The number of benzene rings is 2. The molecule has 20 heavy (non-hydrogen) atoms. The van der Waals surface area contributed by atoms with Gasteiger partial charge in [-0.05, 0) is 23.4 Å². The fourth-order valence-corrected chi connectivity index (χ4v) is 2.17. The molecular formula is C15H13NaO4. The number of hydrogen-bond acceptors (Lipinski definition) is 2. The molecule has 0 aliphatic heterocycles. The maximum absolute atomic E-state index is 11.5. The summed E-state index contributed by atoms with van der Waals surface area (Å²) >= 11 is 0. The summed E-state index contributed by atoms with van der Waals surface area (Å²) in [6, 6.07) is 8.14. The first kappa shape index (κ1) is 16.4. The summed E-state index contributed by atoms with van der Waals surface area (Å²) in [7, 11) is 0. The van der Waals surface area contributed by atoms with Gasteiger partial charge >= 0.3 is 41.5 Å². The summed E-state index contributed by atoms with van der Waals surface area (Å²) in [4.78, 5) is 22.7. The number of carbonyl (C=O) groups is 2. The molecule has 0 bridgehead atoms. The van der Waals surface area contributed by atoms with E-state index in [1.54, 1.807) is 30.3 Å². The van der Waals surface area contributed by atoms with E-state index in [1.165, 1.54) is 6.07 Å². The first-order valence-electron chi connectivity index (χ1n) is 5.68. The van der Waals surface area contributed by atoms with Crippen LogP contribution in [0.1, 0.15) is 27.7 Å². The fraction of sp³-hybridized carbons (Fsp3) is 0.0667. The average molecular weight is 280 g/mol. The van der Waals surface area contributed by atoms with Crippen LogP contribution in [0.4, 0.5) is 0 Å². The zero-order chi connectivity index (χ0) is 14.0. The van der Waals surface area contributed by atoms with Gasteiger partial charge in [0, 0.05) is 5.39 Å². The molecule has 4 nitrogen and oxygen atoms in total. The maximum atomic E-state index is 11.5. The molecule has 2 aromatic rings. The van der Waals surface area contributed by atoms with E-state index in [-0.39, 0.29) is 47.5 Å². The van der Waals surface area contributed by atoms with E-state index in [1.807, 2.05) is 0 Å². The predicted molar refractivity (Wildman–Crippen MR) is 72.9 cm³/mol. The molecule has 0 fully saturated rings. The topological polar surface area (TPSA) is 74.6 Å². The number of carboxylic acids is 2. The van der Waals surface area contributed by atoms with Crippen molar-refractivity contribution in [1.29, 1.82) is 0 Å². The van der Waals surface area contributed by atoms with Crippen LogP contribution >= 0.6 is 0 Å². The quantitative estimate of drug-likeness (QED) is 0.614. The molecule has 0 atom stereocenters. The Labute approximate surface area is 139 Å². The molecule has 2 N–H and O–H groups in total. The molecule has 5 heteroatoms. The van der Waals surface area contributed by atoms with Gasteiger partial charge in [-0.1, -0.05) is 30.3 Å². The molecule has 0 unspecified atom stereocenters. The number of aromatic carboxylic acids is 2. The van der Waals surface area contributed by atoms with Gasteiger partial charge in [0.25, 0.3) is 0 Å². The Bertz CT molecular complexity index is 697. The number of allylic oxidation sites excluding steroid dienone is 1. The molecule has 98 valence electrons. The molecule has 2 aromatic carbocycles. The van der Waals surface area contributed by atoms with Crippen LogP contribution in [-0.4, -0.2) is 22.2 Å². The van der Waals surface area contributed by atoms with E-state index >= 15 is 0 Å². The Balaban J connectivity index is 0.00000200. The van der Waals surface area contributed by atoms with Crippen molar-refractivity contribution in [3.63, 3.8) is 0 Å². The van der Waals surface area contributed by atoms with Crippen molar-refractivity contribution >= 4 is 22.7 Å². The molecule has 0 aromatic heterocycles. The largest absolute Gasteiger partial charge is 1.00 e. The molecule has 0 saturated heterocycles. The normalized spacial score (nSPS) is 9.80. The average Bonchev–Trinajstić information content (AvgIpc) is 2.37. The fourth-order valence-electron chi connectivity index (χ4n) is 2.17.